The number of allylic oxidation sites excluding steroid dienone is 1. The number of phenolic OH excluding ortho intramolecular Hbond substituents is 1. The molecule has 0 atom stereocenters. The number of carbonyl (C=O) groups is 1. The summed E-state index contributed by atoms with van der Waals surface area (Å²) in [4.78, 5) is 11.7. The van der Waals surface area contributed by atoms with Crippen molar-refractivity contribution in [2.24, 2.45) is 10.2 Å². The highest BCUT2D eigenvalue weighted by Gasteiger charge is 2.14. The number of hydrogen-bond donors (Lipinski definition) is 2. The van der Waals surface area contributed by atoms with Crippen LogP contribution in [0.25, 0.3) is 5.57 Å². The summed E-state index contributed by atoms with van der Waals surface area (Å²) in [6.07, 6.45) is 0. The van der Waals surface area contributed by atoms with E-state index in [9.17, 15) is 15.2 Å². The van der Waals surface area contributed by atoms with Crippen molar-refractivity contribution >= 4 is 28.4 Å². The number of rotatable bonds is 5. The van der Waals surface area contributed by atoms with Crippen LogP contribution in [0.5, 0.6) is 5.75 Å². The summed E-state index contributed by atoms with van der Waals surface area (Å²) in [6.45, 7) is 3.35. The first-order chi connectivity index (χ1) is 17.4. The molecule has 0 aliphatic carbocycles. The van der Waals surface area contributed by atoms with E-state index in [0.717, 1.165) is 16.7 Å². The highest BCUT2D eigenvalue weighted by Crippen LogP contribution is 2.30. The highest BCUT2D eigenvalue weighted by molar-refractivity contribution is 6.07. The molecule has 0 amide bonds. The summed E-state index contributed by atoms with van der Waals surface area (Å²) in [6, 6.07) is 33.4. The second kappa shape index (κ2) is 12.4. The van der Waals surface area contributed by atoms with Crippen molar-refractivity contribution in [3.05, 3.63) is 125 Å². The predicted molar refractivity (Wildman–Crippen MR) is 143 cm³/mol. The van der Waals surface area contributed by atoms with E-state index in [0.29, 0.717) is 22.6 Å². The maximum Gasteiger partial charge on any atom is 0.170 e. The van der Waals surface area contributed by atoms with Gasteiger partial charge in [0, 0.05) is 5.57 Å². The molecular formula is C30H26N4O2. The molecule has 0 saturated heterocycles. The number of benzene rings is 4. The molecule has 36 heavy (non-hydrogen) atoms. The Morgan fingerprint density at radius 1 is 0.806 bits per heavy atom. The fourth-order valence-electron chi connectivity index (χ4n) is 3.38. The van der Waals surface area contributed by atoms with E-state index in [4.69, 9.17) is 5.73 Å². The van der Waals surface area contributed by atoms with Crippen molar-refractivity contribution in [3.8, 4) is 11.8 Å². The number of anilines is 1. The Bertz CT molecular complexity index is 1400. The van der Waals surface area contributed by atoms with Crippen LogP contribution >= 0.6 is 0 Å². The largest absolute Gasteiger partial charge is 0.506 e. The molecule has 0 unspecified atom stereocenters. The van der Waals surface area contributed by atoms with Gasteiger partial charge < -0.3 is 10.8 Å². The Hall–Kier alpha value is -5.02. The van der Waals surface area contributed by atoms with E-state index in [1.165, 1.54) is 6.92 Å². The number of Topliss-reactive ketones (excluding diaryl/α,β-unsaturated/α-hetero) is 1. The van der Waals surface area contributed by atoms with Crippen LogP contribution in [-0.4, -0.2) is 10.9 Å². The molecule has 3 N–H and O–H groups in total. The third-order valence-corrected chi connectivity index (χ3v) is 5.17. The minimum Gasteiger partial charge on any atom is -0.506 e. The van der Waals surface area contributed by atoms with E-state index in [1.54, 1.807) is 24.3 Å². The fourth-order valence-corrected chi connectivity index (χ4v) is 3.38. The van der Waals surface area contributed by atoms with Crippen molar-refractivity contribution in [3.63, 3.8) is 0 Å². The van der Waals surface area contributed by atoms with Gasteiger partial charge in [0.2, 0.25) is 0 Å². The number of hydrogen-bond acceptors (Lipinski definition) is 6. The molecule has 0 spiro atoms. The number of azo groups is 1. The number of nitrogens with two attached hydrogens (primary N) is 1. The molecule has 0 heterocycles. The standard InChI is InChI=1S/C17H13NO.C13H13N3O/c1-13(19)16(12-18)17(14-8-4-2-5-9-14)15-10-6-3-7-11-15;1-9-6-7-13(17)12(8-9)16-15-11-5-3-2-4-10(11)14/h2-11H,1H3;2-8,17H,14H2,1H3. The minimum absolute atomic E-state index is 0.105. The Labute approximate surface area is 210 Å². The average Bonchev–Trinajstić information content (AvgIpc) is 2.89. The maximum absolute atomic E-state index is 11.7. The monoisotopic (exact) mass is 474 g/mol. The van der Waals surface area contributed by atoms with E-state index in [-0.39, 0.29) is 17.1 Å². The second-order valence-corrected chi connectivity index (χ2v) is 7.90. The number of nitrogens with zero attached hydrogens (tertiary/aromatic N) is 3. The molecule has 178 valence electrons. The van der Waals surface area contributed by atoms with Crippen LogP contribution in [0.1, 0.15) is 23.6 Å². The zero-order chi connectivity index (χ0) is 25.9. The normalized spacial score (nSPS) is 10.1. The zero-order valence-electron chi connectivity index (χ0n) is 20.1. The lowest BCUT2D eigenvalue weighted by atomic mass is 9.92. The molecule has 6 heteroatoms. The van der Waals surface area contributed by atoms with E-state index < -0.39 is 0 Å². The number of ketones is 1. The van der Waals surface area contributed by atoms with Crippen LogP contribution in [0.2, 0.25) is 0 Å². The van der Waals surface area contributed by atoms with Crippen LogP contribution in [0.15, 0.2) is 119 Å². The Kier molecular flexibility index (Phi) is 8.85. The summed E-state index contributed by atoms with van der Waals surface area (Å²) < 4.78 is 0. The van der Waals surface area contributed by atoms with E-state index in [2.05, 4.69) is 10.2 Å². The van der Waals surface area contributed by atoms with E-state index >= 15 is 0 Å². The topological polar surface area (TPSA) is 112 Å². The molecule has 4 rings (SSSR count). The third kappa shape index (κ3) is 6.75. The first kappa shape index (κ1) is 25.6. The molecule has 4 aromatic rings. The van der Waals surface area contributed by atoms with Crippen molar-refractivity contribution in [2.45, 2.75) is 13.8 Å². The van der Waals surface area contributed by atoms with Gasteiger partial charge in [-0.15, -0.1) is 10.2 Å². The molecule has 4 aromatic carbocycles. The van der Waals surface area contributed by atoms with Crippen LogP contribution in [0.3, 0.4) is 0 Å². The number of carbonyl (C=O) groups excluding carboxylic acids is 1. The molecule has 0 aliphatic heterocycles. The summed E-state index contributed by atoms with van der Waals surface area (Å²) in [5.74, 6) is -0.112. The van der Waals surface area contributed by atoms with Crippen LogP contribution < -0.4 is 5.73 Å². The molecular weight excluding hydrogens is 448 g/mol. The Balaban J connectivity index is 0.000000202. The van der Waals surface area contributed by atoms with E-state index in [1.807, 2.05) is 91.9 Å². The van der Waals surface area contributed by atoms with Gasteiger partial charge in [-0.1, -0.05) is 78.9 Å². The quantitative estimate of drug-likeness (QED) is 0.137. The molecule has 0 bridgehead atoms. The fraction of sp³-hybridized carbons (Fsp3) is 0.0667. The first-order valence-corrected chi connectivity index (χ1v) is 11.2. The molecule has 0 aromatic heterocycles. The lowest BCUT2D eigenvalue weighted by Crippen LogP contribution is -2.01. The SMILES string of the molecule is CC(=O)C(C#N)=C(c1ccccc1)c1ccccc1.Cc1ccc(O)c(N=Nc2ccccc2N)c1. The first-order valence-electron chi connectivity index (χ1n) is 11.2. The average molecular weight is 475 g/mol. The number of phenols is 1. The predicted octanol–water partition coefficient (Wildman–Crippen LogP) is 7.30. The minimum atomic E-state index is -0.217. The molecule has 0 saturated carbocycles. The Morgan fingerprint density at radius 3 is 1.86 bits per heavy atom. The van der Waals surface area contributed by atoms with Gasteiger partial charge >= 0.3 is 0 Å². The van der Waals surface area contributed by atoms with Gasteiger partial charge in [0.15, 0.2) is 5.78 Å². The number of para-hydroxylation sites is 1. The molecule has 6 nitrogen and oxygen atoms in total. The van der Waals surface area contributed by atoms with Gasteiger partial charge in [0.05, 0.1) is 5.69 Å². The van der Waals surface area contributed by atoms with Gasteiger partial charge in [0.25, 0.3) is 0 Å². The molecule has 0 radical (unpaired) electrons. The van der Waals surface area contributed by atoms with Gasteiger partial charge in [-0.25, -0.2) is 0 Å². The number of nitrogen functional groups attached to an aromatic ring is 1. The van der Waals surface area contributed by atoms with Crippen molar-refractivity contribution in [1.29, 1.82) is 5.26 Å². The van der Waals surface area contributed by atoms with Crippen molar-refractivity contribution < 1.29 is 9.90 Å². The number of aryl methyl sites for hydroxylation is 1. The van der Waals surface area contributed by atoms with Crippen LogP contribution in [-0.2, 0) is 4.79 Å². The van der Waals surface area contributed by atoms with Crippen LogP contribution in [0.4, 0.5) is 17.1 Å². The Morgan fingerprint density at radius 2 is 1.33 bits per heavy atom. The zero-order valence-corrected chi connectivity index (χ0v) is 20.1. The lowest BCUT2D eigenvalue weighted by molar-refractivity contribution is -0.113. The van der Waals surface area contributed by atoms with Gasteiger partial charge in [-0.05, 0) is 54.8 Å². The maximum atomic E-state index is 11.7. The summed E-state index contributed by atoms with van der Waals surface area (Å²) in [5, 5.41) is 26.9. The summed E-state index contributed by atoms with van der Waals surface area (Å²) >= 11 is 0. The van der Waals surface area contributed by atoms with Gasteiger partial charge in [0.1, 0.15) is 28.8 Å². The number of nitriles is 1. The van der Waals surface area contributed by atoms with Crippen LogP contribution in [0, 0.1) is 18.3 Å². The second-order valence-electron chi connectivity index (χ2n) is 7.90. The highest BCUT2D eigenvalue weighted by atomic mass is 16.3. The number of aromatic hydroxyl groups is 1. The smallest absolute Gasteiger partial charge is 0.170 e. The summed E-state index contributed by atoms with van der Waals surface area (Å²) in [7, 11) is 0. The van der Waals surface area contributed by atoms with Gasteiger partial charge in [-0.3, -0.25) is 4.79 Å². The lowest BCUT2D eigenvalue weighted by Gasteiger charge is -2.10. The van der Waals surface area contributed by atoms with Crippen molar-refractivity contribution in [2.75, 3.05) is 5.73 Å². The van der Waals surface area contributed by atoms with Crippen molar-refractivity contribution in [1.82, 2.24) is 0 Å². The third-order valence-electron chi connectivity index (χ3n) is 5.17. The molecule has 0 fully saturated rings. The van der Waals surface area contributed by atoms with Gasteiger partial charge in [-0.2, -0.15) is 5.26 Å². The molecule has 0 aliphatic rings. The summed E-state index contributed by atoms with van der Waals surface area (Å²) in [5.41, 5.74) is 11.0.